The Labute approximate surface area is 130 Å². The maximum Gasteiger partial charge on any atom is 0.0234 e. The Morgan fingerprint density at radius 2 is 1.86 bits per heavy atom. The van der Waals surface area contributed by atoms with Gasteiger partial charge in [0.15, 0.2) is 0 Å². The van der Waals surface area contributed by atoms with Crippen LogP contribution in [0.4, 0.5) is 0 Å². The van der Waals surface area contributed by atoms with Crippen molar-refractivity contribution in [3.63, 3.8) is 0 Å². The fraction of sp³-hybridized carbons (Fsp3) is 0.667. The van der Waals surface area contributed by atoms with Gasteiger partial charge in [0.2, 0.25) is 0 Å². The zero-order valence-electron chi connectivity index (χ0n) is 14.1. The largest absolute Gasteiger partial charge is 0.312 e. The summed E-state index contributed by atoms with van der Waals surface area (Å²) in [5, 5.41) is 3.50. The lowest BCUT2D eigenvalue weighted by atomic mass is 10.1. The van der Waals surface area contributed by atoms with E-state index in [1.165, 1.54) is 30.6 Å². The van der Waals surface area contributed by atoms with Gasteiger partial charge in [-0.05, 0) is 44.1 Å². The maximum atomic E-state index is 3.50. The van der Waals surface area contributed by atoms with Crippen molar-refractivity contribution in [3.8, 4) is 0 Å². The van der Waals surface area contributed by atoms with E-state index >= 15 is 0 Å². The molecule has 0 amide bonds. The highest BCUT2D eigenvalue weighted by molar-refractivity contribution is 5.22. The van der Waals surface area contributed by atoms with Gasteiger partial charge in [-0.15, -0.1) is 0 Å². The van der Waals surface area contributed by atoms with Crippen molar-refractivity contribution in [2.45, 2.75) is 39.4 Å². The van der Waals surface area contributed by atoms with Gasteiger partial charge in [0.05, 0.1) is 0 Å². The first-order valence-electron chi connectivity index (χ1n) is 8.22. The van der Waals surface area contributed by atoms with Gasteiger partial charge >= 0.3 is 0 Å². The molecule has 1 unspecified atom stereocenters. The van der Waals surface area contributed by atoms with Crippen LogP contribution >= 0.6 is 0 Å². The highest BCUT2D eigenvalue weighted by Crippen LogP contribution is 2.16. The molecule has 1 aliphatic rings. The van der Waals surface area contributed by atoms with Gasteiger partial charge in [0, 0.05) is 32.2 Å². The van der Waals surface area contributed by atoms with E-state index in [0.717, 1.165) is 25.7 Å². The molecule has 1 saturated heterocycles. The van der Waals surface area contributed by atoms with Crippen LogP contribution in [-0.2, 0) is 13.1 Å². The second-order valence-electron chi connectivity index (χ2n) is 6.98. The van der Waals surface area contributed by atoms with Crippen LogP contribution in [0.3, 0.4) is 0 Å². The second-order valence-corrected chi connectivity index (χ2v) is 6.98. The molecule has 2 rings (SSSR count). The van der Waals surface area contributed by atoms with E-state index < -0.39 is 0 Å². The van der Waals surface area contributed by atoms with Crippen LogP contribution in [0.15, 0.2) is 24.3 Å². The van der Waals surface area contributed by atoms with Crippen molar-refractivity contribution in [2.24, 2.45) is 5.92 Å². The van der Waals surface area contributed by atoms with Gasteiger partial charge in [-0.3, -0.25) is 4.90 Å². The fourth-order valence-corrected chi connectivity index (χ4v) is 2.90. The molecule has 0 saturated carbocycles. The highest BCUT2D eigenvalue weighted by atomic mass is 15.2. The Kier molecular flexibility index (Phi) is 6.22. The monoisotopic (exact) mass is 289 g/mol. The second kappa shape index (κ2) is 7.92. The normalized spacial score (nSPS) is 19.8. The maximum absolute atomic E-state index is 3.50. The SMILES string of the molecule is CC(C)CNCc1ccc(CN2CCC(N(C)C)C2)cc1. The Hall–Kier alpha value is -0.900. The standard InChI is InChI=1S/C18H31N3/c1-15(2)11-19-12-16-5-7-17(8-6-16)13-21-10-9-18(14-21)20(3)4/h5-8,15,18-19H,9-14H2,1-4H3. The van der Waals surface area contributed by atoms with Crippen molar-refractivity contribution in [1.29, 1.82) is 0 Å². The zero-order valence-corrected chi connectivity index (χ0v) is 14.1. The number of rotatable bonds is 7. The third-order valence-corrected chi connectivity index (χ3v) is 4.29. The average molecular weight is 289 g/mol. The molecule has 0 aliphatic carbocycles. The van der Waals surface area contributed by atoms with Gasteiger partial charge in [-0.2, -0.15) is 0 Å². The Balaban J connectivity index is 1.77. The zero-order chi connectivity index (χ0) is 15.2. The van der Waals surface area contributed by atoms with Crippen LogP contribution in [-0.4, -0.2) is 49.6 Å². The van der Waals surface area contributed by atoms with Crippen molar-refractivity contribution < 1.29 is 0 Å². The Bertz CT molecular complexity index is 411. The van der Waals surface area contributed by atoms with E-state index in [4.69, 9.17) is 0 Å². The molecule has 1 aromatic carbocycles. The molecular weight excluding hydrogens is 258 g/mol. The lowest BCUT2D eigenvalue weighted by molar-refractivity contribution is 0.264. The van der Waals surface area contributed by atoms with Gasteiger partial charge in [0.25, 0.3) is 0 Å². The van der Waals surface area contributed by atoms with E-state index in [9.17, 15) is 0 Å². The molecule has 118 valence electrons. The summed E-state index contributed by atoms with van der Waals surface area (Å²) in [5.74, 6) is 0.712. The molecule has 1 aromatic rings. The van der Waals surface area contributed by atoms with Crippen molar-refractivity contribution >= 4 is 0 Å². The van der Waals surface area contributed by atoms with Crippen LogP contribution < -0.4 is 5.32 Å². The smallest absolute Gasteiger partial charge is 0.0234 e. The quantitative estimate of drug-likeness (QED) is 0.832. The Morgan fingerprint density at radius 1 is 1.19 bits per heavy atom. The first kappa shape index (κ1) is 16.5. The predicted octanol–water partition coefficient (Wildman–Crippen LogP) is 2.57. The Morgan fingerprint density at radius 3 is 2.43 bits per heavy atom. The van der Waals surface area contributed by atoms with Crippen LogP contribution in [0, 0.1) is 5.92 Å². The van der Waals surface area contributed by atoms with E-state index in [2.05, 4.69) is 67.3 Å². The number of nitrogens with zero attached hydrogens (tertiary/aromatic N) is 2. The number of likely N-dealkylation sites (N-methyl/N-ethyl adjacent to an activating group) is 1. The number of likely N-dealkylation sites (tertiary alicyclic amines) is 1. The molecule has 1 atom stereocenters. The van der Waals surface area contributed by atoms with Crippen LogP contribution in [0.5, 0.6) is 0 Å². The van der Waals surface area contributed by atoms with E-state index in [1.807, 2.05) is 0 Å². The van der Waals surface area contributed by atoms with Crippen molar-refractivity contribution in [2.75, 3.05) is 33.7 Å². The van der Waals surface area contributed by atoms with Crippen LogP contribution in [0.1, 0.15) is 31.4 Å². The first-order valence-corrected chi connectivity index (χ1v) is 8.22. The minimum absolute atomic E-state index is 0.712. The highest BCUT2D eigenvalue weighted by Gasteiger charge is 2.23. The minimum atomic E-state index is 0.712. The number of nitrogens with one attached hydrogen (secondary N) is 1. The van der Waals surface area contributed by atoms with Gasteiger partial charge < -0.3 is 10.2 Å². The summed E-state index contributed by atoms with van der Waals surface area (Å²) < 4.78 is 0. The molecular formula is C18H31N3. The summed E-state index contributed by atoms with van der Waals surface area (Å²) in [6.45, 7) is 10.1. The molecule has 1 heterocycles. The minimum Gasteiger partial charge on any atom is -0.312 e. The molecule has 3 nitrogen and oxygen atoms in total. The number of hydrogen-bond donors (Lipinski definition) is 1. The van der Waals surface area contributed by atoms with Crippen molar-refractivity contribution in [3.05, 3.63) is 35.4 Å². The summed E-state index contributed by atoms with van der Waals surface area (Å²) in [6.07, 6.45) is 1.30. The third kappa shape index (κ3) is 5.42. The molecule has 21 heavy (non-hydrogen) atoms. The lowest BCUT2D eigenvalue weighted by Crippen LogP contribution is -2.31. The molecule has 0 radical (unpaired) electrons. The lowest BCUT2D eigenvalue weighted by Gasteiger charge is -2.20. The summed E-state index contributed by atoms with van der Waals surface area (Å²) >= 11 is 0. The predicted molar refractivity (Wildman–Crippen MR) is 90.4 cm³/mol. The first-order chi connectivity index (χ1) is 10.0. The molecule has 3 heteroatoms. The third-order valence-electron chi connectivity index (χ3n) is 4.29. The summed E-state index contributed by atoms with van der Waals surface area (Å²) in [7, 11) is 4.38. The van der Waals surface area contributed by atoms with E-state index in [-0.39, 0.29) is 0 Å². The molecule has 0 aromatic heterocycles. The van der Waals surface area contributed by atoms with Gasteiger partial charge in [-0.25, -0.2) is 0 Å². The summed E-state index contributed by atoms with van der Waals surface area (Å²) in [4.78, 5) is 4.92. The molecule has 0 bridgehead atoms. The molecule has 0 spiro atoms. The van der Waals surface area contributed by atoms with E-state index in [1.54, 1.807) is 0 Å². The van der Waals surface area contributed by atoms with Gasteiger partial charge in [-0.1, -0.05) is 38.1 Å². The van der Waals surface area contributed by atoms with Gasteiger partial charge in [0.1, 0.15) is 0 Å². The number of benzene rings is 1. The molecule has 1 fully saturated rings. The molecule has 1 aliphatic heterocycles. The van der Waals surface area contributed by atoms with Crippen LogP contribution in [0.25, 0.3) is 0 Å². The van der Waals surface area contributed by atoms with E-state index in [0.29, 0.717) is 5.92 Å². The summed E-state index contributed by atoms with van der Waals surface area (Å²) in [6, 6.07) is 9.83. The van der Waals surface area contributed by atoms with Crippen molar-refractivity contribution in [1.82, 2.24) is 15.1 Å². The average Bonchev–Trinajstić information content (AvgIpc) is 2.89. The molecule has 1 N–H and O–H groups in total. The topological polar surface area (TPSA) is 18.5 Å². The fourth-order valence-electron chi connectivity index (χ4n) is 2.90. The van der Waals surface area contributed by atoms with Crippen LogP contribution in [0.2, 0.25) is 0 Å². The number of hydrogen-bond acceptors (Lipinski definition) is 3. The summed E-state index contributed by atoms with van der Waals surface area (Å²) in [5.41, 5.74) is 2.81.